The summed E-state index contributed by atoms with van der Waals surface area (Å²) in [4.78, 5) is 15.5. The number of nitrogens with two attached hydrogens (primary N) is 1. The zero-order valence-corrected chi connectivity index (χ0v) is 8.81. The molecule has 0 aliphatic heterocycles. The van der Waals surface area contributed by atoms with Crippen LogP contribution in [0.2, 0.25) is 0 Å². The number of hydrogen-bond acceptors (Lipinski definition) is 3. The summed E-state index contributed by atoms with van der Waals surface area (Å²) in [6.45, 7) is 0.720. The molecule has 1 fully saturated rings. The van der Waals surface area contributed by atoms with E-state index in [0.29, 0.717) is 17.7 Å². The molecule has 0 unspecified atom stereocenters. The van der Waals surface area contributed by atoms with Crippen LogP contribution >= 0.6 is 0 Å². The Morgan fingerprint density at radius 1 is 1.73 bits per heavy atom. The van der Waals surface area contributed by atoms with Crippen LogP contribution in [0.15, 0.2) is 12.5 Å². The van der Waals surface area contributed by atoms with Gasteiger partial charge in [-0.2, -0.15) is 0 Å². The van der Waals surface area contributed by atoms with Gasteiger partial charge in [-0.3, -0.25) is 4.79 Å². The maximum atomic E-state index is 11.6. The normalized spacial score (nSPS) is 24.7. The smallest absolute Gasteiger partial charge is 0.269 e. The molecule has 5 heteroatoms. The molecule has 0 spiro atoms. The lowest BCUT2D eigenvalue weighted by atomic mass is 9.81. The number of hydrogen-bond donors (Lipinski definition) is 2. The van der Waals surface area contributed by atoms with Crippen molar-refractivity contribution in [1.82, 2.24) is 14.9 Å². The van der Waals surface area contributed by atoms with E-state index in [1.807, 2.05) is 0 Å². The fourth-order valence-corrected chi connectivity index (χ4v) is 1.86. The first-order valence-corrected chi connectivity index (χ1v) is 5.17. The summed E-state index contributed by atoms with van der Waals surface area (Å²) in [5.41, 5.74) is 6.26. The molecule has 1 aliphatic rings. The molecular formula is C10H16N4O. The summed E-state index contributed by atoms with van der Waals surface area (Å²) < 4.78 is 1.71. The van der Waals surface area contributed by atoms with Gasteiger partial charge in [0.1, 0.15) is 5.69 Å². The summed E-state index contributed by atoms with van der Waals surface area (Å²) in [6, 6.07) is 0.337. The second-order valence-corrected chi connectivity index (χ2v) is 4.20. The van der Waals surface area contributed by atoms with Crippen LogP contribution in [0, 0.1) is 5.92 Å². The van der Waals surface area contributed by atoms with Crippen LogP contribution in [-0.4, -0.2) is 28.0 Å². The van der Waals surface area contributed by atoms with Gasteiger partial charge in [-0.25, -0.2) is 4.98 Å². The molecule has 1 heterocycles. The Hall–Kier alpha value is -1.36. The highest BCUT2D eigenvalue weighted by atomic mass is 16.1. The van der Waals surface area contributed by atoms with E-state index in [9.17, 15) is 4.79 Å². The van der Waals surface area contributed by atoms with Crippen LogP contribution in [-0.2, 0) is 7.05 Å². The highest BCUT2D eigenvalue weighted by molar-refractivity contribution is 5.92. The highest BCUT2D eigenvalue weighted by Gasteiger charge is 2.26. The lowest BCUT2D eigenvalue weighted by molar-refractivity contribution is 0.0927. The third-order valence-electron chi connectivity index (χ3n) is 2.87. The highest BCUT2D eigenvalue weighted by Crippen LogP contribution is 2.24. The fourth-order valence-electron chi connectivity index (χ4n) is 1.86. The van der Waals surface area contributed by atoms with Crippen LogP contribution in [0.1, 0.15) is 23.3 Å². The molecule has 0 saturated heterocycles. The van der Waals surface area contributed by atoms with E-state index < -0.39 is 0 Å². The summed E-state index contributed by atoms with van der Waals surface area (Å²) >= 11 is 0. The predicted molar refractivity (Wildman–Crippen MR) is 56.2 cm³/mol. The molecule has 5 nitrogen and oxygen atoms in total. The predicted octanol–water partition coefficient (Wildman–Crippen LogP) is -0.113. The van der Waals surface area contributed by atoms with Gasteiger partial charge in [-0.05, 0) is 18.8 Å². The van der Waals surface area contributed by atoms with Gasteiger partial charge in [0, 0.05) is 19.6 Å². The van der Waals surface area contributed by atoms with Gasteiger partial charge >= 0.3 is 0 Å². The molecule has 82 valence electrons. The van der Waals surface area contributed by atoms with E-state index in [2.05, 4.69) is 10.3 Å². The minimum absolute atomic E-state index is 0.0597. The second kappa shape index (κ2) is 4.02. The maximum Gasteiger partial charge on any atom is 0.269 e. The molecule has 1 saturated carbocycles. The first-order chi connectivity index (χ1) is 7.16. The monoisotopic (exact) mass is 208 g/mol. The molecule has 0 atom stereocenters. The molecule has 0 bridgehead atoms. The van der Waals surface area contributed by atoms with Crippen LogP contribution in [0.5, 0.6) is 0 Å². The van der Waals surface area contributed by atoms with Crippen molar-refractivity contribution in [2.75, 3.05) is 6.54 Å². The zero-order valence-electron chi connectivity index (χ0n) is 8.81. The van der Waals surface area contributed by atoms with Crippen molar-refractivity contribution in [1.29, 1.82) is 0 Å². The van der Waals surface area contributed by atoms with Crippen molar-refractivity contribution in [3.63, 3.8) is 0 Å². The van der Waals surface area contributed by atoms with Crippen molar-refractivity contribution in [3.05, 3.63) is 18.2 Å². The Kier molecular flexibility index (Phi) is 2.73. The lowest BCUT2D eigenvalue weighted by Crippen LogP contribution is -2.42. The van der Waals surface area contributed by atoms with E-state index >= 15 is 0 Å². The number of rotatable bonds is 3. The van der Waals surface area contributed by atoms with Gasteiger partial charge in [0.2, 0.25) is 0 Å². The van der Waals surface area contributed by atoms with Crippen molar-refractivity contribution in [3.8, 4) is 0 Å². The van der Waals surface area contributed by atoms with E-state index in [4.69, 9.17) is 5.73 Å². The van der Waals surface area contributed by atoms with Gasteiger partial charge in [0.25, 0.3) is 5.91 Å². The van der Waals surface area contributed by atoms with Crippen LogP contribution in [0.4, 0.5) is 0 Å². The van der Waals surface area contributed by atoms with Gasteiger partial charge in [-0.15, -0.1) is 0 Å². The zero-order chi connectivity index (χ0) is 10.8. The van der Waals surface area contributed by atoms with Crippen molar-refractivity contribution >= 4 is 5.91 Å². The number of amides is 1. The van der Waals surface area contributed by atoms with E-state index in [1.54, 1.807) is 24.1 Å². The van der Waals surface area contributed by atoms with Crippen molar-refractivity contribution < 1.29 is 4.79 Å². The summed E-state index contributed by atoms with van der Waals surface area (Å²) in [5.74, 6) is 0.493. The molecular weight excluding hydrogens is 192 g/mol. The molecule has 15 heavy (non-hydrogen) atoms. The summed E-state index contributed by atoms with van der Waals surface area (Å²) in [6.07, 6.45) is 5.23. The molecule has 1 aromatic heterocycles. The fraction of sp³-hybridized carbons (Fsp3) is 0.600. The van der Waals surface area contributed by atoms with Gasteiger partial charge in [-0.1, -0.05) is 0 Å². The Balaban J connectivity index is 1.80. The van der Waals surface area contributed by atoms with Crippen molar-refractivity contribution in [2.45, 2.75) is 18.9 Å². The Labute approximate surface area is 88.7 Å². The van der Waals surface area contributed by atoms with E-state index in [-0.39, 0.29) is 5.91 Å². The molecule has 2 rings (SSSR count). The number of nitrogens with zero attached hydrogens (tertiary/aromatic N) is 2. The topological polar surface area (TPSA) is 72.9 Å². The number of nitrogens with one attached hydrogen (secondary N) is 1. The largest absolute Gasteiger partial charge is 0.350 e. The summed E-state index contributed by atoms with van der Waals surface area (Å²) in [7, 11) is 1.81. The first-order valence-electron chi connectivity index (χ1n) is 5.17. The summed E-state index contributed by atoms with van der Waals surface area (Å²) in [5, 5.41) is 2.89. The maximum absolute atomic E-state index is 11.6. The third-order valence-corrected chi connectivity index (χ3v) is 2.87. The average molecular weight is 208 g/mol. The molecule has 1 aliphatic carbocycles. The molecule has 1 aromatic rings. The third kappa shape index (κ3) is 2.18. The minimum Gasteiger partial charge on any atom is -0.350 e. The van der Waals surface area contributed by atoms with Gasteiger partial charge < -0.3 is 15.6 Å². The number of aryl methyl sites for hydroxylation is 1. The number of carbonyl (C=O) groups is 1. The van der Waals surface area contributed by atoms with E-state index in [0.717, 1.165) is 19.4 Å². The number of carbonyl (C=O) groups excluding carboxylic acids is 1. The molecule has 0 aromatic carbocycles. The van der Waals surface area contributed by atoms with Crippen LogP contribution in [0.25, 0.3) is 0 Å². The Morgan fingerprint density at radius 3 is 3.00 bits per heavy atom. The lowest BCUT2D eigenvalue weighted by Gasteiger charge is -2.32. The van der Waals surface area contributed by atoms with Gasteiger partial charge in [0.15, 0.2) is 0 Å². The standard InChI is InChI=1S/C10H16N4O/c1-14-6-12-5-9(14)10(15)13-4-7-2-8(11)3-7/h5-8H,2-4,11H2,1H3,(H,13,15). The van der Waals surface area contributed by atoms with Crippen LogP contribution < -0.4 is 11.1 Å². The molecule has 1 amide bonds. The average Bonchev–Trinajstić information content (AvgIpc) is 2.57. The Morgan fingerprint density at radius 2 is 2.47 bits per heavy atom. The van der Waals surface area contributed by atoms with Gasteiger partial charge in [0.05, 0.1) is 12.5 Å². The van der Waals surface area contributed by atoms with E-state index in [1.165, 1.54) is 0 Å². The molecule has 0 radical (unpaired) electrons. The molecule has 3 N–H and O–H groups in total. The van der Waals surface area contributed by atoms with Crippen LogP contribution in [0.3, 0.4) is 0 Å². The Bertz CT molecular complexity index is 354. The minimum atomic E-state index is -0.0597. The quantitative estimate of drug-likeness (QED) is 0.727. The number of imidazole rings is 1. The van der Waals surface area contributed by atoms with Crippen molar-refractivity contribution in [2.24, 2.45) is 18.7 Å². The second-order valence-electron chi connectivity index (χ2n) is 4.20. The first kappa shape index (κ1) is 10.2. The SMILES string of the molecule is Cn1cncc1C(=O)NCC1CC(N)C1. The number of aromatic nitrogens is 2.